The molecule has 0 N–H and O–H groups in total. The fraction of sp³-hybridized carbons (Fsp3) is 0.176. The monoisotopic (exact) mass is 220 g/mol. The van der Waals surface area contributed by atoms with Crippen LogP contribution in [-0.2, 0) is 6.42 Å². The van der Waals surface area contributed by atoms with E-state index in [1.54, 1.807) is 0 Å². The minimum Gasteiger partial charge on any atom is -0.115 e. The zero-order chi connectivity index (χ0) is 11.9. The van der Waals surface area contributed by atoms with Gasteiger partial charge in [0.2, 0.25) is 0 Å². The molecule has 0 aliphatic heterocycles. The Kier molecular flexibility index (Phi) is 4.00. The summed E-state index contributed by atoms with van der Waals surface area (Å²) in [6, 6.07) is 10.4. The Morgan fingerprint density at radius 3 is 2.82 bits per heavy atom. The van der Waals surface area contributed by atoms with E-state index in [2.05, 4.69) is 54.5 Å². The number of terminal acetylenes is 1. The number of allylic oxidation sites excluding steroid dienone is 6. The Morgan fingerprint density at radius 2 is 2.06 bits per heavy atom. The van der Waals surface area contributed by atoms with E-state index in [9.17, 15) is 0 Å². The lowest BCUT2D eigenvalue weighted by Gasteiger charge is -2.07. The molecule has 0 spiro atoms. The van der Waals surface area contributed by atoms with Gasteiger partial charge in [-0.2, -0.15) is 0 Å². The van der Waals surface area contributed by atoms with Crippen LogP contribution in [0.4, 0.5) is 0 Å². The van der Waals surface area contributed by atoms with Crippen molar-refractivity contribution in [3.05, 3.63) is 71.3 Å². The van der Waals surface area contributed by atoms with Crippen LogP contribution in [0.2, 0.25) is 0 Å². The molecular formula is C17H16. The highest BCUT2D eigenvalue weighted by Crippen LogP contribution is 2.19. The third-order valence-corrected chi connectivity index (χ3v) is 2.87. The van der Waals surface area contributed by atoms with Gasteiger partial charge in [0.1, 0.15) is 0 Å². The average Bonchev–Trinajstić information content (AvgIpc) is 2.40. The van der Waals surface area contributed by atoms with Crippen LogP contribution < -0.4 is 0 Å². The van der Waals surface area contributed by atoms with Crippen molar-refractivity contribution < 1.29 is 0 Å². The van der Waals surface area contributed by atoms with Crippen LogP contribution in [0.1, 0.15) is 18.4 Å². The van der Waals surface area contributed by atoms with Gasteiger partial charge in [0.25, 0.3) is 0 Å². The third kappa shape index (κ3) is 3.23. The Hall–Kier alpha value is -2.00. The highest BCUT2D eigenvalue weighted by Gasteiger charge is 2.02. The number of hydrogen-bond donors (Lipinski definition) is 0. The van der Waals surface area contributed by atoms with Gasteiger partial charge < -0.3 is 0 Å². The molecule has 0 saturated heterocycles. The van der Waals surface area contributed by atoms with Crippen molar-refractivity contribution in [2.24, 2.45) is 0 Å². The van der Waals surface area contributed by atoms with E-state index in [4.69, 9.17) is 6.42 Å². The van der Waals surface area contributed by atoms with Crippen molar-refractivity contribution >= 4 is 0 Å². The van der Waals surface area contributed by atoms with Gasteiger partial charge in [-0.15, -0.1) is 6.42 Å². The molecule has 1 aliphatic rings. The minimum atomic E-state index is 0.954. The lowest BCUT2D eigenvalue weighted by Crippen LogP contribution is -1.90. The van der Waals surface area contributed by atoms with Crippen molar-refractivity contribution in [2.45, 2.75) is 19.3 Å². The van der Waals surface area contributed by atoms with Crippen molar-refractivity contribution in [2.75, 3.05) is 0 Å². The second-order valence-electron chi connectivity index (χ2n) is 4.11. The molecule has 1 aromatic carbocycles. The molecule has 0 saturated carbocycles. The van der Waals surface area contributed by atoms with Crippen LogP contribution in [0, 0.1) is 12.3 Å². The highest BCUT2D eigenvalue weighted by molar-refractivity contribution is 5.46. The Balaban J connectivity index is 2.04. The molecule has 17 heavy (non-hydrogen) atoms. The summed E-state index contributed by atoms with van der Waals surface area (Å²) in [6.07, 6.45) is 17.1. The molecule has 0 radical (unpaired) electrons. The van der Waals surface area contributed by atoms with E-state index in [1.807, 2.05) is 6.07 Å². The minimum absolute atomic E-state index is 0.954. The van der Waals surface area contributed by atoms with Gasteiger partial charge in [-0.1, -0.05) is 60.6 Å². The van der Waals surface area contributed by atoms with Gasteiger partial charge in [0, 0.05) is 5.57 Å². The first-order chi connectivity index (χ1) is 8.40. The molecule has 1 aromatic rings. The van der Waals surface area contributed by atoms with E-state index in [0.717, 1.165) is 24.8 Å². The van der Waals surface area contributed by atoms with Crippen LogP contribution in [0.25, 0.3) is 0 Å². The number of rotatable bonds is 3. The molecule has 1 aliphatic carbocycles. The second kappa shape index (κ2) is 5.92. The van der Waals surface area contributed by atoms with E-state index in [-0.39, 0.29) is 0 Å². The van der Waals surface area contributed by atoms with Crippen LogP contribution in [-0.4, -0.2) is 0 Å². The van der Waals surface area contributed by atoms with Crippen molar-refractivity contribution in [3.8, 4) is 12.3 Å². The standard InChI is InChI=1S/C17H16/c1-2-16-12-6-7-13-17(16)14-8-11-15-9-4-3-5-10-15/h1,3-5,7-10,13-14H,6,11-12H2/b14-8-. The van der Waals surface area contributed by atoms with Gasteiger partial charge in [0.05, 0.1) is 0 Å². The summed E-state index contributed by atoms with van der Waals surface area (Å²) in [7, 11) is 0. The summed E-state index contributed by atoms with van der Waals surface area (Å²) in [5.41, 5.74) is 3.64. The Bertz CT molecular complexity index is 493. The number of benzene rings is 1. The van der Waals surface area contributed by atoms with Crippen LogP contribution >= 0.6 is 0 Å². The summed E-state index contributed by atoms with van der Waals surface area (Å²) >= 11 is 0. The molecule has 84 valence electrons. The largest absolute Gasteiger partial charge is 0.115 e. The van der Waals surface area contributed by atoms with Crippen molar-refractivity contribution in [1.82, 2.24) is 0 Å². The van der Waals surface area contributed by atoms with E-state index < -0.39 is 0 Å². The first-order valence-corrected chi connectivity index (χ1v) is 5.97. The van der Waals surface area contributed by atoms with Crippen LogP contribution in [0.3, 0.4) is 0 Å². The first-order valence-electron chi connectivity index (χ1n) is 5.97. The maximum Gasteiger partial charge on any atom is 0.00928 e. The molecular weight excluding hydrogens is 204 g/mol. The zero-order valence-electron chi connectivity index (χ0n) is 9.89. The summed E-state index contributed by atoms with van der Waals surface area (Å²) in [5.74, 6) is 2.78. The summed E-state index contributed by atoms with van der Waals surface area (Å²) in [4.78, 5) is 0. The van der Waals surface area contributed by atoms with Gasteiger partial charge >= 0.3 is 0 Å². The molecule has 0 bridgehead atoms. The predicted molar refractivity (Wildman–Crippen MR) is 73.5 cm³/mol. The lowest BCUT2D eigenvalue weighted by molar-refractivity contribution is 0.987. The van der Waals surface area contributed by atoms with Gasteiger partial charge in [-0.25, -0.2) is 0 Å². The van der Waals surface area contributed by atoms with Crippen molar-refractivity contribution in [1.29, 1.82) is 0 Å². The molecule has 2 rings (SSSR count). The normalized spacial score (nSPS) is 15.2. The lowest BCUT2D eigenvalue weighted by atomic mass is 9.97. The quantitative estimate of drug-likeness (QED) is 0.674. The molecule has 0 heterocycles. The Morgan fingerprint density at radius 1 is 1.24 bits per heavy atom. The first kappa shape index (κ1) is 11.5. The SMILES string of the molecule is C#CC1=C(/C=C\Cc2ccccc2)C=CCC1. The molecule has 0 unspecified atom stereocenters. The fourth-order valence-corrected chi connectivity index (χ4v) is 1.93. The zero-order valence-corrected chi connectivity index (χ0v) is 9.89. The highest BCUT2D eigenvalue weighted by atomic mass is 14.1. The Labute approximate surface area is 103 Å². The summed E-state index contributed by atoms with van der Waals surface area (Å²) < 4.78 is 0. The van der Waals surface area contributed by atoms with Gasteiger partial charge in [-0.3, -0.25) is 0 Å². The molecule has 0 fully saturated rings. The summed E-state index contributed by atoms with van der Waals surface area (Å²) in [5, 5.41) is 0. The maximum atomic E-state index is 5.50. The topological polar surface area (TPSA) is 0 Å². The second-order valence-corrected chi connectivity index (χ2v) is 4.11. The van der Waals surface area contributed by atoms with Gasteiger partial charge in [0.15, 0.2) is 0 Å². The van der Waals surface area contributed by atoms with E-state index >= 15 is 0 Å². The molecule has 0 amide bonds. The third-order valence-electron chi connectivity index (χ3n) is 2.87. The molecule has 0 aromatic heterocycles. The predicted octanol–water partition coefficient (Wildman–Crippen LogP) is 4.07. The molecule has 0 atom stereocenters. The average molecular weight is 220 g/mol. The van der Waals surface area contributed by atoms with E-state index in [1.165, 1.54) is 11.1 Å². The van der Waals surface area contributed by atoms with Gasteiger partial charge in [-0.05, 0) is 30.4 Å². The molecule has 0 heteroatoms. The summed E-state index contributed by atoms with van der Waals surface area (Å²) in [6.45, 7) is 0. The molecule has 0 nitrogen and oxygen atoms in total. The van der Waals surface area contributed by atoms with Crippen LogP contribution in [0.5, 0.6) is 0 Å². The van der Waals surface area contributed by atoms with Crippen LogP contribution in [0.15, 0.2) is 65.8 Å². The number of hydrogen-bond acceptors (Lipinski definition) is 0. The van der Waals surface area contributed by atoms with E-state index in [0.29, 0.717) is 0 Å². The maximum absolute atomic E-state index is 5.50. The fourth-order valence-electron chi connectivity index (χ4n) is 1.93. The van der Waals surface area contributed by atoms with Crippen molar-refractivity contribution in [3.63, 3.8) is 0 Å². The smallest absolute Gasteiger partial charge is 0.00928 e.